The van der Waals surface area contributed by atoms with Gasteiger partial charge in [0.25, 0.3) is 5.91 Å². The Morgan fingerprint density at radius 1 is 1.18 bits per heavy atom. The smallest absolute Gasteiger partial charge is 0.399 e. The molecule has 3 aliphatic rings. The summed E-state index contributed by atoms with van der Waals surface area (Å²) in [6.07, 6.45) is 3.62. The summed E-state index contributed by atoms with van der Waals surface area (Å²) in [5, 5.41) is 6.37. The lowest BCUT2D eigenvalue weighted by Crippen LogP contribution is -2.56. The molecular weight excluding hydrogens is 522 g/mol. The van der Waals surface area contributed by atoms with Crippen LogP contribution in [0.5, 0.6) is 5.06 Å². The number of thiophene rings is 1. The number of hydrogen-bond donors (Lipinski definition) is 2. The van der Waals surface area contributed by atoms with Crippen LogP contribution in [0.25, 0.3) is 0 Å². The van der Waals surface area contributed by atoms with Gasteiger partial charge in [-0.05, 0) is 96.3 Å². The second-order valence-electron chi connectivity index (χ2n) is 9.39. The Bertz CT molecular complexity index is 1150. The molecule has 10 heteroatoms. The van der Waals surface area contributed by atoms with E-state index in [0.717, 1.165) is 34.3 Å². The molecule has 1 aromatic heterocycles. The van der Waals surface area contributed by atoms with Gasteiger partial charge in [-0.25, -0.2) is 4.79 Å². The van der Waals surface area contributed by atoms with Crippen molar-refractivity contribution in [3.05, 3.63) is 39.7 Å². The van der Waals surface area contributed by atoms with Gasteiger partial charge in [0.15, 0.2) is 5.06 Å². The molecule has 2 aliphatic carbocycles. The van der Waals surface area contributed by atoms with Gasteiger partial charge in [0, 0.05) is 17.9 Å². The van der Waals surface area contributed by atoms with Crippen molar-refractivity contribution in [3.8, 4) is 5.06 Å². The number of carbonyl (C=O) groups is 3. The second-order valence-corrected chi connectivity index (χ2v) is 11.8. The van der Waals surface area contributed by atoms with Gasteiger partial charge in [-0.1, -0.05) is 11.3 Å². The summed E-state index contributed by atoms with van der Waals surface area (Å²) in [6.45, 7) is 2.99. The summed E-state index contributed by atoms with van der Waals surface area (Å²) >= 11 is 4.67. The number of nitrogens with zero attached hydrogens (tertiary/aromatic N) is 1. The number of hydrogen-bond acceptors (Lipinski definition) is 6. The maximum atomic E-state index is 13.5. The molecule has 2 heterocycles. The highest BCUT2D eigenvalue weighted by molar-refractivity contribution is 9.11. The third kappa shape index (κ3) is 4.71. The van der Waals surface area contributed by atoms with E-state index in [2.05, 4.69) is 26.6 Å². The maximum Gasteiger partial charge on any atom is 0.414 e. The minimum absolute atomic E-state index is 0.0758. The van der Waals surface area contributed by atoms with Crippen LogP contribution in [0.15, 0.2) is 34.1 Å². The quantitative estimate of drug-likeness (QED) is 0.569. The Labute approximate surface area is 210 Å². The molecule has 2 saturated carbocycles. The number of amides is 3. The Hall–Kier alpha value is -2.43. The first-order valence-electron chi connectivity index (χ1n) is 11.3. The number of nitrogens with one attached hydrogen (secondary N) is 2. The van der Waals surface area contributed by atoms with Gasteiger partial charge in [-0.2, -0.15) is 0 Å². The number of benzene rings is 1. The summed E-state index contributed by atoms with van der Waals surface area (Å²) in [7, 11) is 0. The van der Waals surface area contributed by atoms with Gasteiger partial charge in [0.05, 0.1) is 10.4 Å². The molecule has 180 valence electrons. The van der Waals surface area contributed by atoms with Crippen molar-refractivity contribution in [1.82, 2.24) is 5.32 Å². The van der Waals surface area contributed by atoms with Gasteiger partial charge >= 0.3 is 6.09 Å². The fraction of sp³-hybridized carbons (Fsp3) is 0.458. The molecule has 1 aliphatic heterocycles. The molecule has 1 unspecified atom stereocenters. The van der Waals surface area contributed by atoms with Crippen molar-refractivity contribution in [2.75, 3.05) is 30.0 Å². The Kier molecular flexibility index (Phi) is 6.16. The normalized spacial score (nSPS) is 23.1. The molecule has 1 saturated heterocycles. The third-order valence-corrected chi connectivity index (χ3v) is 8.47. The minimum Gasteiger partial charge on any atom is -0.399 e. The van der Waals surface area contributed by atoms with Crippen molar-refractivity contribution < 1.29 is 23.9 Å². The molecular formula is C24H26BrN3O5S. The van der Waals surface area contributed by atoms with Crippen LogP contribution in [0, 0.1) is 12.3 Å². The Balaban J connectivity index is 1.31. The molecule has 1 spiro atoms. The first-order valence-corrected chi connectivity index (χ1v) is 12.9. The molecule has 5 rings (SSSR count). The van der Waals surface area contributed by atoms with E-state index in [1.54, 1.807) is 23.1 Å². The highest BCUT2D eigenvalue weighted by Crippen LogP contribution is 2.61. The number of aryl methyl sites for hydroxylation is 1. The fourth-order valence-corrected chi connectivity index (χ4v) is 6.17. The predicted molar refractivity (Wildman–Crippen MR) is 132 cm³/mol. The standard InChI is InChI=1S/C24H26BrN3O5S/c1-15-12-16(2-3-17(15)28-10-11-32-13-19(28)29)26-21(30)24(9-8-23(14-24)6-7-23)27-22(31)33-20-5-4-18(25)34-20/h2-5,12H,6-11,13-14H2,1H3,(H,26,30)(H,27,31). The largest absolute Gasteiger partial charge is 0.414 e. The Morgan fingerprint density at radius 2 is 1.97 bits per heavy atom. The monoisotopic (exact) mass is 547 g/mol. The molecule has 1 aromatic carbocycles. The minimum atomic E-state index is -1.02. The summed E-state index contributed by atoms with van der Waals surface area (Å²) in [6, 6.07) is 9.00. The first-order chi connectivity index (χ1) is 16.3. The molecule has 34 heavy (non-hydrogen) atoms. The molecule has 3 fully saturated rings. The van der Waals surface area contributed by atoms with E-state index in [9.17, 15) is 14.4 Å². The summed E-state index contributed by atoms with van der Waals surface area (Å²) in [5.41, 5.74) is 1.44. The van der Waals surface area contributed by atoms with Crippen molar-refractivity contribution in [2.24, 2.45) is 5.41 Å². The van der Waals surface area contributed by atoms with E-state index >= 15 is 0 Å². The molecule has 0 bridgehead atoms. The number of anilines is 2. The van der Waals surface area contributed by atoms with E-state index in [0.29, 0.717) is 36.7 Å². The SMILES string of the molecule is Cc1cc(NC(=O)C2(NC(=O)Oc3ccc(Br)s3)CCC3(CC3)C2)ccc1N1CCOCC1=O. The highest BCUT2D eigenvalue weighted by Gasteiger charge is 2.58. The predicted octanol–water partition coefficient (Wildman–Crippen LogP) is 4.61. The van der Waals surface area contributed by atoms with Crippen molar-refractivity contribution >= 4 is 56.5 Å². The second kappa shape index (κ2) is 8.98. The van der Waals surface area contributed by atoms with Crippen LogP contribution < -0.4 is 20.3 Å². The topological polar surface area (TPSA) is 97.0 Å². The zero-order chi connectivity index (χ0) is 23.9. The molecule has 3 amide bonds. The number of carbonyl (C=O) groups excluding carboxylic acids is 3. The van der Waals surface area contributed by atoms with E-state index in [1.165, 1.54) is 11.3 Å². The highest BCUT2D eigenvalue weighted by atomic mass is 79.9. The van der Waals surface area contributed by atoms with Crippen molar-refractivity contribution in [2.45, 2.75) is 44.6 Å². The van der Waals surface area contributed by atoms with E-state index in [4.69, 9.17) is 9.47 Å². The molecule has 2 aromatic rings. The molecule has 8 nitrogen and oxygen atoms in total. The lowest BCUT2D eigenvalue weighted by Gasteiger charge is -2.30. The van der Waals surface area contributed by atoms with E-state index in [-0.39, 0.29) is 23.8 Å². The lowest BCUT2D eigenvalue weighted by molar-refractivity contribution is -0.125. The van der Waals surface area contributed by atoms with Gasteiger partial charge in [-0.3, -0.25) is 9.59 Å². The molecule has 2 N–H and O–H groups in total. The zero-order valence-corrected chi connectivity index (χ0v) is 21.2. The van der Waals surface area contributed by atoms with Crippen LogP contribution in [0.4, 0.5) is 16.2 Å². The number of halogens is 1. The molecule has 1 atom stereocenters. The van der Waals surface area contributed by atoms with Crippen LogP contribution in [0.1, 0.15) is 37.7 Å². The van der Waals surface area contributed by atoms with E-state index < -0.39 is 11.6 Å². The number of morpholine rings is 1. The van der Waals surface area contributed by atoms with E-state index in [1.807, 2.05) is 19.1 Å². The van der Waals surface area contributed by atoms with Gasteiger partial charge in [0.2, 0.25) is 5.91 Å². The Morgan fingerprint density at radius 3 is 2.62 bits per heavy atom. The van der Waals surface area contributed by atoms with Crippen LogP contribution >= 0.6 is 27.3 Å². The summed E-state index contributed by atoms with van der Waals surface area (Å²) in [4.78, 5) is 40.1. The summed E-state index contributed by atoms with van der Waals surface area (Å²) in [5.74, 6) is -0.318. The maximum absolute atomic E-state index is 13.5. The van der Waals surface area contributed by atoms with Crippen molar-refractivity contribution in [1.29, 1.82) is 0 Å². The first kappa shape index (κ1) is 23.3. The van der Waals surface area contributed by atoms with Gasteiger partial charge < -0.3 is 25.0 Å². The average molecular weight is 548 g/mol. The van der Waals surface area contributed by atoms with Crippen LogP contribution in [0.3, 0.4) is 0 Å². The third-order valence-electron chi connectivity index (χ3n) is 6.97. The fourth-order valence-electron chi connectivity index (χ4n) is 4.98. The van der Waals surface area contributed by atoms with Crippen molar-refractivity contribution in [3.63, 3.8) is 0 Å². The molecule has 0 radical (unpaired) electrons. The average Bonchev–Trinajstić information content (AvgIpc) is 3.27. The zero-order valence-electron chi connectivity index (χ0n) is 18.8. The number of ether oxygens (including phenoxy) is 2. The lowest BCUT2D eigenvalue weighted by atomic mass is 9.93. The van der Waals surface area contributed by atoms with Gasteiger partial charge in [0.1, 0.15) is 12.1 Å². The van der Waals surface area contributed by atoms with Crippen LogP contribution in [0.2, 0.25) is 0 Å². The van der Waals surface area contributed by atoms with Crippen LogP contribution in [-0.2, 0) is 14.3 Å². The summed E-state index contributed by atoms with van der Waals surface area (Å²) < 4.78 is 11.5. The van der Waals surface area contributed by atoms with Gasteiger partial charge in [-0.15, -0.1) is 0 Å². The van der Waals surface area contributed by atoms with Crippen LogP contribution in [-0.4, -0.2) is 43.2 Å². The number of rotatable bonds is 5.